The number of aliphatic hydroxyl groups is 1. The van der Waals surface area contributed by atoms with E-state index in [1.54, 1.807) is 11.3 Å². The Kier molecular flexibility index (Phi) is 3.89. The molecule has 5 nitrogen and oxygen atoms in total. The average molecular weight is 292 g/mol. The molecule has 1 saturated heterocycles. The lowest BCUT2D eigenvalue weighted by atomic mass is 9.91. The largest absolute Gasteiger partial charge is 0.394 e. The fourth-order valence-electron chi connectivity index (χ4n) is 2.85. The summed E-state index contributed by atoms with van der Waals surface area (Å²) < 4.78 is 0. The van der Waals surface area contributed by atoms with Gasteiger partial charge in [-0.1, -0.05) is 0 Å². The Balaban J connectivity index is 1.74. The summed E-state index contributed by atoms with van der Waals surface area (Å²) in [6, 6.07) is 2.10. The number of thiophene rings is 1. The maximum atomic E-state index is 9.43. The summed E-state index contributed by atoms with van der Waals surface area (Å²) >= 11 is 1.68. The van der Waals surface area contributed by atoms with E-state index in [0.29, 0.717) is 0 Å². The first kappa shape index (κ1) is 13.8. The van der Waals surface area contributed by atoms with E-state index in [0.717, 1.165) is 38.2 Å². The third kappa shape index (κ3) is 2.78. The van der Waals surface area contributed by atoms with Crippen molar-refractivity contribution in [3.63, 3.8) is 0 Å². The fraction of sp³-hybridized carbons (Fsp3) is 0.500. The lowest BCUT2D eigenvalue weighted by Crippen LogP contribution is -2.56. The SMILES string of the molecule is NC1(CO)CCCN(Cc2cn[nH]c2-c2ccsc2)C1. The second kappa shape index (κ2) is 5.65. The van der Waals surface area contributed by atoms with Crippen molar-refractivity contribution in [1.29, 1.82) is 0 Å². The molecule has 1 atom stereocenters. The van der Waals surface area contributed by atoms with Crippen LogP contribution < -0.4 is 5.73 Å². The summed E-state index contributed by atoms with van der Waals surface area (Å²) in [5, 5.41) is 20.9. The molecular weight excluding hydrogens is 272 g/mol. The van der Waals surface area contributed by atoms with E-state index < -0.39 is 5.54 Å². The van der Waals surface area contributed by atoms with E-state index in [4.69, 9.17) is 5.73 Å². The molecule has 3 rings (SSSR count). The van der Waals surface area contributed by atoms with Crippen molar-refractivity contribution in [2.45, 2.75) is 24.9 Å². The molecule has 2 aromatic rings. The number of nitrogens with two attached hydrogens (primary N) is 1. The smallest absolute Gasteiger partial charge is 0.0703 e. The highest BCUT2D eigenvalue weighted by molar-refractivity contribution is 7.08. The van der Waals surface area contributed by atoms with E-state index in [-0.39, 0.29) is 6.61 Å². The number of H-pyrrole nitrogens is 1. The monoisotopic (exact) mass is 292 g/mol. The van der Waals surface area contributed by atoms with Gasteiger partial charge in [0, 0.05) is 29.6 Å². The Morgan fingerprint density at radius 3 is 3.20 bits per heavy atom. The highest BCUT2D eigenvalue weighted by Gasteiger charge is 2.31. The van der Waals surface area contributed by atoms with E-state index in [1.165, 1.54) is 11.1 Å². The predicted octanol–water partition coefficient (Wildman–Crippen LogP) is 1.42. The van der Waals surface area contributed by atoms with Crippen LogP contribution in [0.3, 0.4) is 0 Å². The van der Waals surface area contributed by atoms with Gasteiger partial charge in [-0.3, -0.25) is 10.00 Å². The van der Waals surface area contributed by atoms with E-state index in [2.05, 4.69) is 31.9 Å². The van der Waals surface area contributed by atoms with Gasteiger partial charge in [0.15, 0.2) is 0 Å². The van der Waals surface area contributed by atoms with Gasteiger partial charge >= 0.3 is 0 Å². The van der Waals surface area contributed by atoms with Crippen LogP contribution in [0.4, 0.5) is 0 Å². The van der Waals surface area contributed by atoms with Crippen LogP contribution in [0, 0.1) is 0 Å². The Bertz CT molecular complexity index is 553. The first-order valence-electron chi connectivity index (χ1n) is 6.87. The number of piperidine rings is 1. The van der Waals surface area contributed by atoms with Crippen molar-refractivity contribution in [3.05, 3.63) is 28.6 Å². The number of likely N-dealkylation sites (tertiary alicyclic amines) is 1. The normalized spacial score (nSPS) is 24.1. The first-order chi connectivity index (χ1) is 9.70. The molecule has 0 saturated carbocycles. The summed E-state index contributed by atoms with van der Waals surface area (Å²) in [6.07, 6.45) is 3.81. The third-order valence-corrected chi connectivity index (χ3v) is 4.61. The van der Waals surface area contributed by atoms with Crippen LogP contribution in [0.2, 0.25) is 0 Å². The molecule has 6 heteroatoms. The van der Waals surface area contributed by atoms with E-state index in [1.807, 2.05) is 6.20 Å². The molecule has 0 bridgehead atoms. The molecule has 0 aromatic carbocycles. The van der Waals surface area contributed by atoms with Gasteiger partial charge in [-0.05, 0) is 30.8 Å². The maximum Gasteiger partial charge on any atom is 0.0703 e. The lowest BCUT2D eigenvalue weighted by molar-refractivity contribution is 0.0902. The Hall–Kier alpha value is -1.21. The van der Waals surface area contributed by atoms with Gasteiger partial charge in [0.2, 0.25) is 0 Å². The molecule has 1 unspecified atom stereocenters. The summed E-state index contributed by atoms with van der Waals surface area (Å²) in [5.74, 6) is 0. The van der Waals surface area contributed by atoms with E-state index >= 15 is 0 Å². The van der Waals surface area contributed by atoms with Crippen molar-refractivity contribution in [2.24, 2.45) is 5.73 Å². The molecule has 0 spiro atoms. The number of aromatic nitrogens is 2. The number of nitrogens with one attached hydrogen (secondary N) is 1. The van der Waals surface area contributed by atoms with Crippen LogP contribution in [0.25, 0.3) is 11.3 Å². The Morgan fingerprint density at radius 1 is 1.55 bits per heavy atom. The minimum Gasteiger partial charge on any atom is -0.394 e. The fourth-order valence-corrected chi connectivity index (χ4v) is 3.50. The van der Waals surface area contributed by atoms with Crippen molar-refractivity contribution in [3.8, 4) is 11.3 Å². The molecule has 1 fully saturated rings. The minimum atomic E-state index is -0.454. The molecule has 108 valence electrons. The van der Waals surface area contributed by atoms with Crippen LogP contribution in [-0.2, 0) is 6.54 Å². The average Bonchev–Trinajstić information content (AvgIpc) is 3.09. The molecule has 20 heavy (non-hydrogen) atoms. The summed E-state index contributed by atoms with van der Waals surface area (Å²) in [6.45, 7) is 2.62. The zero-order valence-electron chi connectivity index (χ0n) is 11.4. The first-order valence-corrected chi connectivity index (χ1v) is 7.81. The molecule has 1 aliphatic rings. The lowest BCUT2D eigenvalue weighted by Gasteiger charge is -2.39. The zero-order valence-corrected chi connectivity index (χ0v) is 12.2. The van der Waals surface area contributed by atoms with Gasteiger partial charge in [0.25, 0.3) is 0 Å². The molecule has 1 aliphatic heterocycles. The number of hydrogen-bond donors (Lipinski definition) is 3. The van der Waals surface area contributed by atoms with Gasteiger partial charge in [0.1, 0.15) is 0 Å². The second-order valence-corrected chi connectivity index (χ2v) is 6.40. The van der Waals surface area contributed by atoms with Crippen LogP contribution in [-0.4, -0.2) is 45.4 Å². The molecule has 0 amide bonds. The molecule has 0 radical (unpaired) electrons. The summed E-state index contributed by atoms with van der Waals surface area (Å²) in [7, 11) is 0. The maximum absolute atomic E-state index is 9.43. The summed E-state index contributed by atoms with van der Waals surface area (Å²) in [4.78, 5) is 2.31. The van der Waals surface area contributed by atoms with Gasteiger partial charge < -0.3 is 10.8 Å². The molecular formula is C14H20N4OS. The van der Waals surface area contributed by atoms with Gasteiger partial charge in [-0.25, -0.2) is 0 Å². The highest BCUT2D eigenvalue weighted by Crippen LogP contribution is 2.26. The highest BCUT2D eigenvalue weighted by atomic mass is 32.1. The van der Waals surface area contributed by atoms with E-state index in [9.17, 15) is 5.11 Å². The third-order valence-electron chi connectivity index (χ3n) is 3.92. The zero-order chi connectivity index (χ0) is 14.0. The second-order valence-electron chi connectivity index (χ2n) is 5.62. The Morgan fingerprint density at radius 2 is 2.45 bits per heavy atom. The van der Waals surface area contributed by atoms with Gasteiger partial charge in [0.05, 0.1) is 24.0 Å². The topological polar surface area (TPSA) is 78.2 Å². The van der Waals surface area contributed by atoms with Gasteiger partial charge in [-0.2, -0.15) is 16.4 Å². The summed E-state index contributed by atoms with van der Waals surface area (Å²) in [5.41, 5.74) is 9.20. The molecule has 0 aliphatic carbocycles. The molecule has 2 aromatic heterocycles. The van der Waals surface area contributed by atoms with Gasteiger partial charge in [-0.15, -0.1) is 0 Å². The number of aromatic amines is 1. The van der Waals surface area contributed by atoms with Crippen molar-refractivity contribution < 1.29 is 5.11 Å². The minimum absolute atomic E-state index is 0.0479. The van der Waals surface area contributed by atoms with Crippen molar-refractivity contribution in [1.82, 2.24) is 15.1 Å². The molecule has 3 heterocycles. The number of aliphatic hydroxyl groups excluding tert-OH is 1. The number of hydrogen-bond acceptors (Lipinski definition) is 5. The quantitative estimate of drug-likeness (QED) is 0.796. The standard InChI is InChI=1S/C14H20N4OS/c15-14(10-19)3-1-4-18(9-14)7-12-6-16-17-13(12)11-2-5-20-8-11/h2,5-6,8,19H,1,3-4,7,9-10,15H2,(H,16,17). The van der Waals surface area contributed by atoms with Crippen LogP contribution >= 0.6 is 11.3 Å². The van der Waals surface area contributed by atoms with Crippen LogP contribution in [0.1, 0.15) is 18.4 Å². The van der Waals surface area contributed by atoms with Crippen LogP contribution in [0.15, 0.2) is 23.0 Å². The Labute approximate surface area is 122 Å². The number of rotatable bonds is 4. The van der Waals surface area contributed by atoms with Crippen molar-refractivity contribution >= 4 is 11.3 Å². The van der Waals surface area contributed by atoms with Crippen LogP contribution in [0.5, 0.6) is 0 Å². The molecule has 4 N–H and O–H groups in total. The number of nitrogens with zero attached hydrogens (tertiary/aromatic N) is 2. The van der Waals surface area contributed by atoms with Crippen molar-refractivity contribution in [2.75, 3.05) is 19.7 Å². The predicted molar refractivity (Wildman–Crippen MR) is 80.4 cm³/mol.